The van der Waals surface area contributed by atoms with Crippen LogP contribution in [-0.2, 0) is 25.5 Å². The summed E-state index contributed by atoms with van der Waals surface area (Å²) < 4.78 is 49.3. The van der Waals surface area contributed by atoms with Crippen LogP contribution in [0.25, 0.3) is 0 Å². The highest BCUT2D eigenvalue weighted by atomic mass is 19.4. The molecule has 1 heterocycles. The van der Waals surface area contributed by atoms with E-state index < -0.39 is 35.9 Å². The highest BCUT2D eigenvalue weighted by molar-refractivity contribution is 5.95. The molecule has 0 bridgehead atoms. The quantitative estimate of drug-likeness (QED) is 0.634. The molecule has 120 valence electrons. The van der Waals surface area contributed by atoms with Crippen molar-refractivity contribution >= 4 is 11.9 Å². The van der Waals surface area contributed by atoms with Crippen molar-refractivity contribution < 1.29 is 32.2 Å². The summed E-state index contributed by atoms with van der Waals surface area (Å²) in [5.41, 5.74) is 0.684. The van der Waals surface area contributed by atoms with Crippen molar-refractivity contribution in [1.82, 2.24) is 0 Å². The number of ether oxygens (including phenoxy) is 2. The first-order valence-corrected chi connectivity index (χ1v) is 6.69. The van der Waals surface area contributed by atoms with E-state index in [1.165, 1.54) is 0 Å². The van der Waals surface area contributed by atoms with Crippen LogP contribution in [0.3, 0.4) is 0 Å². The average molecular weight is 316 g/mol. The Bertz CT molecular complexity index is 533. The number of carbonyl (C=O) groups excluding carboxylic acids is 2. The van der Waals surface area contributed by atoms with Crippen LogP contribution < -0.4 is 0 Å². The third-order valence-corrected chi connectivity index (χ3v) is 3.73. The lowest BCUT2D eigenvalue weighted by Gasteiger charge is -2.36. The van der Waals surface area contributed by atoms with Crippen LogP contribution in [-0.4, -0.2) is 31.8 Å². The summed E-state index contributed by atoms with van der Waals surface area (Å²) in [6.45, 7) is -0.370. The van der Waals surface area contributed by atoms with Crippen LogP contribution in [0.15, 0.2) is 30.3 Å². The largest absolute Gasteiger partial charge is 0.468 e. The lowest BCUT2D eigenvalue weighted by atomic mass is 9.76. The maximum atomic E-state index is 13.4. The van der Waals surface area contributed by atoms with Crippen molar-refractivity contribution in [2.24, 2.45) is 17.8 Å². The van der Waals surface area contributed by atoms with Crippen LogP contribution >= 0.6 is 0 Å². The highest BCUT2D eigenvalue weighted by Crippen LogP contribution is 2.42. The number of halogens is 3. The van der Waals surface area contributed by atoms with E-state index in [1.54, 1.807) is 30.3 Å². The summed E-state index contributed by atoms with van der Waals surface area (Å²) in [5, 5.41) is 0. The van der Waals surface area contributed by atoms with Crippen molar-refractivity contribution in [3.05, 3.63) is 35.9 Å². The Balaban J connectivity index is 2.31. The molecule has 3 atom stereocenters. The number of methoxy groups -OCH3 is 1. The Kier molecular flexibility index (Phi) is 4.73. The number of benzene rings is 1. The normalized spacial score (nSPS) is 25.5. The highest BCUT2D eigenvalue weighted by Gasteiger charge is 2.57. The van der Waals surface area contributed by atoms with Gasteiger partial charge in [0.25, 0.3) is 0 Å². The number of cyclic esters (lactones) is 1. The van der Waals surface area contributed by atoms with Gasteiger partial charge in [0.05, 0.1) is 19.6 Å². The molecule has 0 radical (unpaired) electrons. The molecule has 1 aromatic rings. The average Bonchev–Trinajstić information content (AvgIpc) is 2.48. The van der Waals surface area contributed by atoms with Gasteiger partial charge in [-0.1, -0.05) is 30.3 Å². The van der Waals surface area contributed by atoms with E-state index in [2.05, 4.69) is 4.74 Å². The third-order valence-electron chi connectivity index (χ3n) is 3.73. The van der Waals surface area contributed by atoms with Gasteiger partial charge in [-0.25, -0.2) is 0 Å². The van der Waals surface area contributed by atoms with E-state index >= 15 is 0 Å². The van der Waals surface area contributed by atoms with Crippen LogP contribution in [0.2, 0.25) is 0 Å². The van der Waals surface area contributed by atoms with Crippen LogP contribution in [0, 0.1) is 17.8 Å². The smallest absolute Gasteiger partial charge is 0.393 e. The van der Waals surface area contributed by atoms with Crippen molar-refractivity contribution in [2.75, 3.05) is 13.7 Å². The first-order valence-electron chi connectivity index (χ1n) is 6.69. The van der Waals surface area contributed by atoms with Gasteiger partial charge in [-0.15, -0.1) is 0 Å². The second-order valence-electron chi connectivity index (χ2n) is 5.15. The molecule has 0 saturated carbocycles. The summed E-state index contributed by atoms with van der Waals surface area (Å²) >= 11 is 0. The molecule has 1 aliphatic heterocycles. The standard InChI is InChI=1S/C15H15F3O4/c1-21-13(19)11-12(15(16,17)18)10(8-22-14(11)20)7-9-5-3-2-4-6-9/h2-6,10-12H,7-8H2,1H3/t10-,11+,12+/m0/s1. The molecule has 2 rings (SSSR count). The van der Waals surface area contributed by atoms with Crippen molar-refractivity contribution in [3.63, 3.8) is 0 Å². The van der Waals surface area contributed by atoms with E-state index in [4.69, 9.17) is 4.74 Å². The van der Waals surface area contributed by atoms with Gasteiger partial charge < -0.3 is 9.47 Å². The number of esters is 2. The maximum Gasteiger partial charge on any atom is 0.393 e. The van der Waals surface area contributed by atoms with Crippen molar-refractivity contribution in [2.45, 2.75) is 12.6 Å². The molecule has 22 heavy (non-hydrogen) atoms. The summed E-state index contributed by atoms with van der Waals surface area (Å²) in [7, 11) is 0.948. The minimum atomic E-state index is -4.70. The minimum Gasteiger partial charge on any atom is -0.468 e. The molecule has 1 saturated heterocycles. The molecular formula is C15H15F3O4. The monoisotopic (exact) mass is 316 g/mol. The van der Waals surface area contributed by atoms with E-state index in [9.17, 15) is 22.8 Å². The zero-order chi connectivity index (χ0) is 16.3. The third kappa shape index (κ3) is 3.40. The summed E-state index contributed by atoms with van der Waals surface area (Å²) in [5.74, 6) is -7.50. The molecule has 7 heteroatoms. The van der Waals surface area contributed by atoms with Crippen LogP contribution in [0.4, 0.5) is 13.2 Å². The Morgan fingerprint density at radius 3 is 2.50 bits per heavy atom. The Morgan fingerprint density at radius 2 is 1.95 bits per heavy atom. The fraction of sp³-hybridized carbons (Fsp3) is 0.467. The molecule has 0 unspecified atom stereocenters. The lowest BCUT2D eigenvalue weighted by molar-refractivity contribution is -0.231. The predicted octanol–water partition coefficient (Wildman–Crippen LogP) is 2.37. The Morgan fingerprint density at radius 1 is 1.32 bits per heavy atom. The summed E-state index contributed by atoms with van der Waals surface area (Å²) in [4.78, 5) is 23.2. The number of hydrogen-bond acceptors (Lipinski definition) is 4. The fourth-order valence-corrected chi connectivity index (χ4v) is 2.73. The van der Waals surface area contributed by atoms with Crippen molar-refractivity contribution in [3.8, 4) is 0 Å². The molecule has 0 spiro atoms. The van der Waals surface area contributed by atoms with Gasteiger partial charge in [-0.2, -0.15) is 13.2 Å². The van der Waals surface area contributed by atoms with Gasteiger partial charge in [0.1, 0.15) is 0 Å². The number of hydrogen-bond donors (Lipinski definition) is 0. The first-order chi connectivity index (χ1) is 10.3. The molecule has 0 aliphatic carbocycles. The maximum absolute atomic E-state index is 13.4. The van der Waals surface area contributed by atoms with Gasteiger partial charge >= 0.3 is 18.1 Å². The lowest BCUT2D eigenvalue weighted by Crippen LogP contribution is -2.51. The SMILES string of the molecule is COC(=O)[C@@H]1C(=O)OC[C@H](Cc2ccccc2)[C@H]1C(F)(F)F. The van der Waals surface area contributed by atoms with Crippen molar-refractivity contribution in [1.29, 1.82) is 0 Å². The zero-order valence-corrected chi connectivity index (χ0v) is 11.8. The van der Waals surface area contributed by atoms with Gasteiger partial charge in [0, 0.05) is 5.92 Å². The van der Waals surface area contributed by atoms with E-state index in [-0.39, 0.29) is 13.0 Å². The Hall–Kier alpha value is -2.05. The fourth-order valence-electron chi connectivity index (χ4n) is 2.73. The molecule has 1 aliphatic rings. The molecule has 0 amide bonds. The Labute approximate surface area is 125 Å². The second kappa shape index (κ2) is 6.37. The van der Waals surface area contributed by atoms with E-state index in [0.717, 1.165) is 7.11 Å². The molecular weight excluding hydrogens is 301 g/mol. The second-order valence-corrected chi connectivity index (χ2v) is 5.15. The van der Waals surface area contributed by atoms with E-state index in [0.29, 0.717) is 5.56 Å². The zero-order valence-electron chi connectivity index (χ0n) is 11.8. The van der Waals surface area contributed by atoms with Gasteiger partial charge in [0.2, 0.25) is 0 Å². The minimum absolute atomic E-state index is 0.0613. The number of rotatable bonds is 3. The number of carbonyl (C=O) groups is 2. The predicted molar refractivity (Wildman–Crippen MR) is 69.6 cm³/mol. The van der Waals surface area contributed by atoms with E-state index in [1.807, 2.05) is 0 Å². The number of alkyl halides is 3. The first kappa shape index (κ1) is 16.3. The van der Waals surface area contributed by atoms with Gasteiger partial charge in [-0.05, 0) is 12.0 Å². The van der Waals surface area contributed by atoms with Crippen LogP contribution in [0.5, 0.6) is 0 Å². The molecule has 1 fully saturated rings. The molecule has 4 nitrogen and oxygen atoms in total. The molecule has 1 aromatic carbocycles. The summed E-state index contributed by atoms with van der Waals surface area (Å²) in [6, 6.07) is 8.56. The summed E-state index contributed by atoms with van der Waals surface area (Å²) in [6.07, 6.45) is -4.64. The van der Waals surface area contributed by atoms with Gasteiger partial charge in [-0.3, -0.25) is 9.59 Å². The van der Waals surface area contributed by atoms with Crippen LogP contribution in [0.1, 0.15) is 5.56 Å². The van der Waals surface area contributed by atoms with Gasteiger partial charge in [0.15, 0.2) is 5.92 Å². The molecule has 0 aromatic heterocycles. The topological polar surface area (TPSA) is 52.6 Å². The molecule has 0 N–H and O–H groups in total.